The quantitative estimate of drug-likeness (QED) is 0.717. The van der Waals surface area contributed by atoms with Gasteiger partial charge >= 0.3 is 6.03 Å². The Hall–Kier alpha value is -1.59. The van der Waals surface area contributed by atoms with Crippen molar-refractivity contribution in [3.05, 3.63) is 35.4 Å². The molecule has 0 radical (unpaired) electrons. The molecule has 2 rings (SSSR count). The van der Waals surface area contributed by atoms with Gasteiger partial charge in [0, 0.05) is 37.8 Å². The van der Waals surface area contributed by atoms with Gasteiger partial charge in [-0.15, -0.1) is 0 Å². The van der Waals surface area contributed by atoms with E-state index in [0.29, 0.717) is 13.0 Å². The number of rotatable bonds is 7. The number of nitrogens with one attached hydrogen (secondary N) is 2. The lowest BCUT2D eigenvalue weighted by Gasteiger charge is -2.34. The van der Waals surface area contributed by atoms with E-state index < -0.39 is 0 Å². The van der Waals surface area contributed by atoms with Crippen molar-refractivity contribution in [2.45, 2.75) is 58.2 Å². The zero-order valence-electron chi connectivity index (χ0n) is 15.1. The lowest BCUT2D eigenvalue weighted by atomic mass is 9.95. The van der Waals surface area contributed by atoms with Crippen LogP contribution in [-0.2, 0) is 13.0 Å². The predicted molar refractivity (Wildman–Crippen MR) is 97.0 cm³/mol. The van der Waals surface area contributed by atoms with Crippen molar-refractivity contribution in [1.82, 2.24) is 15.5 Å². The van der Waals surface area contributed by atoms with Gasteiger partial charge in [0.2, 0.25) is 0 Å². The summed E-state index contributed by atoms with van der Waals surface area (Å²) in [4.78, 5) is 14.6. The summed E-state index contributed by atoms with van der Waals surface area (Å²) in [5.41, 5.74) is 2.47. The number of hydrogen-bond donors (Lipinski definition) is 3. The monoisotopic (exact) mass is 333 g/mol. The lowest BCUT2D eigenvalue weighted by molar-refractivity contribution is 0.178. The zero-order valence-corrected chi connectivity index (χ0v) is 15.1. The van der Waals surface area contributed by atoms with Gasteiger partial charge in [-0.2, -0.15) is 0 Å². The number of nitrogens with zero attached hydrogens (tertiary/aromatic N) is 1. The highest BCUT2D eigenvalue weighted by atomic mass is 16.3. The van der Waals surface area contributed by atoms with Gasteiger partial charge in [-0.05, 0) is 44.2 Å². The highest BCUT2D eigenvalue weighted by molar-refractivity contribution is 5.74. The maximum Gasteiger partial charge on any atom is 0.315 e. The van der Waals surface area contributed by atoms with E-state index in [0.717, 1.165) is 25.9 Å². The van der Waals surface area contributed by atoms with Crippen molar-refractivity contribution in [2.75, 3.05) is 19.7 Å². The summed E-state index contributed by atoms with van der Waals surface area (Å²) in [5.74, 6) is 0. The maximum atomic E-state index is 12.2. The Bertz CT molecular complexity index is 549. The minimum absolute atomic E-state index is 0.0776. The van der Waals surface area contributed by atoms with E-state index in [1.54, 1.807) is 0 Å². The summed E-state index contributed by atoms with van der Waals surface area (Å²) < 4.78 is 0. The van der Waals surface area contributed by atoms with Gasteiger partial charge < -0.3 is 15.7 Å². The fraction of sp³-hybridized carbons (Fsp3) is 0.632. The van der Waals surface area contributed by atoms with Crippen LogP contribution in [0, 0.1) is 0 Å². The summed E-state index contributed by atoms with van der Waals surface area (Å²) in [7, 11) is 0. The molecule has 1 aliphatic heterocycles. The van der Waals surface area contributed by atoms with Crippen molar-refractivity contribution in [3.63, 3.8) is 0 Å². The highest BCUT2D eigenvalue weighted by Crippen LogP contribution is 2.20. The Balaban J connectivity index is 1.81. The molecular weight excluding hydrogens is 302 g/mol. The van der Waals surface area contributed by atoms with Crippen LogP contribution in [0.3, 0.4) is 0 Å². The standard InChI is InChI=1S/C19H31N3O2/c1-4-19(3,10-12-23)21-18(24)20-13-15(2)22-11-9-16-7-5-6-8-17(16)14-22/h5-8,15,23H,4,9-14H2,1-3H3,(H2,20,21,24). The molecule has 0 spiro atoms. The van der Waals surface area contributed by atoms with Crippen LogP contribution in [0.4, 0.5) is 4.79 Å². The summed E-state index contributed by atoms with van der Waals surface area (Å²) in [5, 5.41) is 15.1. The number of aliphatic hydroxyl groups is 1. The maximum absolute atomic E-state index is 12.2. The van der Waals surface area contributed by atoms with Crippen LogP contribution in [0.15, 0.2) is 24.3 Å². The molecule has 2 atom stereocenters. The van der Waals surface area contributed by atoms with E-state index >= 15 is 0 Å². The second-order valence-corrected chi connectivity index (χ2v) is 7.06. The minimum Gasteiger partial charge on any atom is -0.396 e. The van der Waals surface area contributed by atoms with E-state index in [-0.39, 0.29) is 24.2 Å². The Morgan fingerprint density at radius 2 is 2.08 bits per heavy atom. The number of carbonyl (C=O) groups excluding carboxylic acids is 1. The van der Waals surface area contributed by atoms with Crippen LogP contribution in [0.25, 0.3) is 0 Å². The molecular formula is C19H31N3O2. The molecule has 1 aromatic carbocycles. The minimum atomic E-state index is -0.355. The SMILES string of the molecule is CCC(C)(CCO)NC(=O)NCC(C)N1CCc2ccccc2C1. The molecule has 5 heteroatoms. The number of amides is 2. The average molecular weight is 333 g/mol. The molecule has 0 aliphatic carbocycles. The topological polar surface area (TPSA) is 64.6 Å². The molecule has 2 unspecified atom stereocenters. The molecule has 0 saturated carbocycles. The second kappa shape index (κ2) is 8.49. The van der Waals surface area contributed by atoms with Crippen molar-refractivity contribution in [2.24, 2.45) is 0 Å². The van der Waals surface area contributed by atoms with E-state index in [2.05, 4.69) is 46.7 Å². The first-order valence-corrected chi connectivity index (χ1v) is 8.95. The molecule has 0 saturated heterocycles. The first-order chi connectivity index (χ1) is 11.5. The van der Waals surface area contributed by atoms with Gasteiger partial charge in [0.05, 0.1) is 0 Å². The lowest BCUT2D eigenvalue weighted by Crippen LogP contribution is -2.53. The number of urea groups is 1. The fourth-order valence-corrected chi connectivity index (χ4v) is 3.16. The van der Waals surface area contributed by atoms with Crippen molar-refractivity contribution >= 4 is 6.03 Å². The summed E-state index contributed by atoms with van der Waals surface area (Å²) in [6.07, 6.45) is 2.42. The molecule has 0 bridgehead atoms. The van der Waals surface area contributed by atoms with Gasteiger partial charge in [0.1, 0.15) is 0 Å². The third kappa shape index (κ3) is 4.95. The number of aliphatic hydroxyl groups excluding tert-OH is 1. The van der Waals surface area contributed by atoms with Crippen LogP contribution in [0.5, 0.6) is 0 Å². The van der Waals surface area contributed by atoms with Crippen molar-refractivity contribution in [3.8, 4) is 0 Å². The summed E-state index contributed by atoms with van der Waals surface area (Å²) in [6, 6.07) is 8.71. The second-order valence-electron chi connectivity index (χ2n) is 7.06. The third-order valence-corrected chi connectivity index (χ3v) is 5.20. The largest absolute Gasteiger partial charge is 0.396 e. The van der Waals surface area contributed by atoms with Crippen molar-refractivity contribution in [1.29, 1.82) is 0 Å². The number of hydrogen-bond acceptors (Lipinski definition) is 3. The first-order valence-electron chi connectivity index (χ1n) is 8.95. The van der Waals surface area contributed by atoms with E-state index in [1.165, 1.54) is 11.1 Å². The molecule has 5 nitrogen and oxygen atoms in total. The zero-order chi connectivity index (χ0) is 17.6. The van der Waals surface area contributed by atoms with E-state index in [4.69, 9.17) is 5.11 Å². The smallest absolute Gasteiger partial charge is 0.315 e. The van der Waals surface area contributed by atoms with Gasteiger partial charge in [0.15, 0.2) is 0 Å². The van der Waals surface area contributed by atoms with Crippen LogP contribution < -0.4 is 10.6 Å². The number of carbonyl (C=O) groups is 1. The molecule has 0 aromatic heterocycles. The highest BCUT2D eigenvalue weighted by Gasteiger charge is 2.25. The van der Waals surface area contributed by atoms with Gasteiger partial charge in [-0.25, -0.2) is 4.79 Å². The molecule has 1 aliphatic rings. The summed E-state index contributed by atoms with van der Waals surface area (Å²) in [6.45, 7) is 8.80. The summed E-state index contributed by atoms with van der Waals surface area (Å²) >= 11 is 0. The fourth-order valence-electron chi connectivity index (χ4n) is 3.16. The molecule has 0 fully saturated rings. The Labute approximate surface area is 145 Å². The van der Waals surface area contributed by atoms with Crippen LogP contribution in [0.1, 0.15) is 44.7 Å². The molecule has 24 heavy (non-hydrogen) atoms. The van der Waals surface area contributed by atoms with Crippen LogP contribution in [0.2, 0.25) is 0 Å². The van der Waals surface area contributed by atoms with Gasteiger partial charge in [-0.3, -0.25) is 4.90 Å². The molecule has 1 heterocycles. The van der Waals surface area contributed by atoms with Crippen LogP contribution >= 0.6 is 0 Å². The number of benzene rings is 1. The molecule has 134 valence electrons. The first kappa shape index (κ1) is 18.7. The molecule has 1 aromatic rings. The molecule has 2 amide bonds. The van der Waals surface area contributed by atoms with Crippen molar-refractivity contribution < 1.29 is 9.90 Å². The van der Waals surface area contributed by atoms with Crippen LogP contribution in [-0.4, -0.2) is 47.3 Å². The average Bonchev–Trinajstić information content (AvgIpc) is 2.59. The third-order valence-electron chi connectivity index (χ3n) is 5.20. The van der Waals surface area contributed by atoms with Gasteiger partial charge in [0.25, 0.3) is 0 Å². The Kier molecular flexibility index (Phi) is 6.63. The van der Waals surface area contributed by atoms with Gasteiger partial charge in [-0.1, -0.05) is 31.2 Å². The normalized spacial score (nSPS) is 18.3. The van der Waals surface area contributed by atoms with E-state index in [1.807, 2.05) is 13.8 Å². The predicted octanol–water partition coefficient (Wildman–Crippen LogP) is 2.28. The Morgan fingerprint density at radius 1 is 1.38 bits per heavy atom. The van der Waals surface area contributed by atoms with E-state index in [9.17, 15) is 4.79 Å². The number of fused-ring (bicyclic) bond motifs is 1. The molecule has 3 N–H and O–H groups in total. The Morgan fingerprint density at radius 3 is 2.75 bits per heavy atom.